The highest BCUT2D eigenvalue weighted by Gasteiger charge is 2.19. The first kappa shape index (κ1) is 21.9. The molecule has 5 rings (SSSR count). The van der Waals surface area contributed by atoms with Crippen molar-refractivity contribution >= 4 is 32.9 Å². The van der Waals surface area contributed by atoms with E-state index >= 15 is 0 Å². The Morgan fingerprint density at radius 2 is 1.79 bits per heavy atom. The molecular weight excluding hydrogens is 446 g/mol. The van der Waals surface area contributed by atoms with Crippen LogP contribution in [0.5, 0.6) is 5.75 Å². The van der Waals surface area contributed by atoms with Crippen molar-refractivity contribution in [2.24, 2.45) is 0 Å². The number of carboxylic acids is 1. The van der Waals surface area contributed by atoms with E-state index in [-0.39, 0.29) is 11.1 Å². The van der Waals surface area contributed by atoms with E-state index < -0.39 is 5.97 Å². The standard InChI is InChI=1S/C28H23NO4S/c1-2-6-22-15-20-13-14-29-25(26(20)34-22)24(28(31)32)16-23(27(29)30)19-9-11-21(12-10-19)33-17-18-7-4-3-5-8-18/h3-5,7-16H,2,6,17H2,1H3,(H,31,32). The third kappa shape index (κ3) is 4.08. The first-order valence-electron chi connectivity index (χ1n) is 11.2. The number of thiophene rings is 1. The maximum Gasteiger partial charge on any atom is 0.337 e. The number of pyridine rings is 2. The number of nitrogens with zero attached hydrogens (tertiary/aromatic N) is 1. The van der Waals surface area contributed by atoms with Crippen LogP contribution in [0, 0.1) is 0 Å². The summed E-state index contributed by atoms with van der Waals surface area (Å²) >= 11 is 1.56. The molecule has 5 nitrogen and oxygen atoms in total. The second-order valence-electron chi connectivity index (χ2n) is 8.16. The lowest BCUT2D eigenvalue weighted by Gasteiger charge is -2.11. The number of aromatic nitrogens is 1. The molecule has 34 heavy (non-hydrogen) atoms. The Kier molecular flexibility index (Phi) is 5.90. The minimum absolute atomic E-state index is 0.120. The van der Waals surface area contributed by atoms with Gasteiger partial charge in [-0.3, -0.25) is 9.20 Å². The average Bonchev–Trinajstić information content (AvgIpc) is 3.27. The molecule has 6 heteroatoms. The molecule has 3 heterocycles. The van der Waals surface area contributed by atoms with Gasteiger partial charge in [0.25, 0.3) is 5.56 Å². The van der Waals surface area contributed by atoms with Crippen molar-refractivity contribution in [3.05, 3.63) is 105 Å². The van der Waals surface area contributed by atoms with Gasteiger partial charge in [0.2, 0.25) is 0 Å². The van der Waals surface area contributed by atoms with Crippen LogP contribution in [0.25, 0.3) is 26.7 Å². The summed E-state index contributed by atoms with van der Waals surface area (Å²) in [5.41, 5.74) is 2.38. The van der Waals surface area contributed by atoms with E-state index in [1.165, 1.54) is 15.3 Å². The van der Waals surface area contributed by atoms with E-state index in [1.807, 2.05) is 36.4 Å². The molecule has 0 radical (unpaired) electrons. The predicted octanol–water partition coefficient (Wildman–Crippen LogP) is 6.41. The van der Waals surface area contributed by atoms with Crippen molar-refractivity contribution in [3.8, 4) is 16.9 Å². The van der Waals surface area contributed by atoms with Gasteiger partial charge in [0.15, 0.2) is 0 Å². The van der Waals surface area contributed by atoms with E-state index in [0.717, 1.165) is 28.5 Å². The summed E-state index contributed by atoms with van der Waals surface area (Å²) in [6.07, 6.45) is 3.61. The summed E-state index contributed by atoms with van der Waals surface area (Å²) in [4.78, 5) is 26.8. The number of ether oxygens (including phenoxy) is 1. The average molecular weight is 470 g/mol. The second-order valence-corrected chi connectivity index (χ2v) is 9.30. The summed E-state index contributed by atoms with van der Waals surface area (Å²) < 4.78 is 8.14. The van der Waals surface area contributed by atoms with Gasteiger partial charge in [-0.05, 0) is 53.3 Å². The summed E-state index contributed by atoms with van der Waals surface area (Å²) in [7, 11) is 0. The number of aromatic carboxylic acids is 1. The van der Waals surface area contributed by atoms with Crippen molar-refractivity contribution in [3.63, 3.8) is 0 Å². The van der Waals surface area contributed by atoms with E-state index in [4.69, 9.17) is 4.74 Å². The summed E-state index contributed by atoms with van der Waals surface area (Å²) in [5.74, 6) is -0.379. The minimum atomic E-state index is -1.06. The smallest absolute Gasteiger partial charge is 0.337 e. The molecule has 0 aliphatic carbocycles. The normalized spacial score (nSPS) is 11.2. The van der Waals surface area contributed by atoms with E-state index in [9.17, 15) is 14.7 Å². The fourth-order valence-corrected chi connectivity index (χ4v) is 5.45. The third-order valence-corrected chi connectivity index (χ3v) is 7.02. The number of aryl methyl sites for hydroxylation is 1. The first-order chi connectivity index (χ1) is 16.5. The largest absolute Gasteiger partial charge is 0.489 e. The van der Waals surface area contributed by atoms with E-state index in [2.05, 4.69) is 13.0 Å². The highest BCUT2D eigenvalue weighted by molar-refractivity contribution is 7.20. The molecular formula is C28H23NO4S. The highest BCUT2D eigenvalue weighted by atomic mass is 32.1. The van der Waals surface area contributed by atoms with Crippen molar-refractivity contribution in [2.75, 3.05) is 0 Å². The molecule has 0 bridgehead atoms. The Morgan fingerprint density at radius 1 is 1.03 bits per heavy atom. The maximum atomic E-state index is 13.4. The highest BCUT2D eigenvalue weighted by Crippen LogP contribution is 2.33. The summed E-state index contributed by atoms with van der Waals surface area (Å²) in [6.45, 7) is 2.55. The van der Waals surface area contributed by atoms with Crippen LogP contribution in [0.1, 0.15) is 34.1 Å². The van der Waals surface area contributed by atoms with Crippen LogP contribution in [0.15, 0.2) is 83.8 Å². The monoisotopic (exact) mass is 469 g/mol. The lowest BCUT2D eigenvalue weighted by Crippen LogP contribution is -2.18. The molecule has 1 N–H and O–H groups in total. The number of hydrogen-bond acceptors (Lipinski definition) is 4. The molecule has 0 saturated heterocycles. The van der Waals surface area contributed by atoms with Crippen molar-refractivity contribution in [1.82, 2.24) is 4.40 Å². The molecule has 0 unspecified atom stereocenters. The zero-order valence-electron chi connectivity index (χ0n) is 18.7. The fraction of sp³-hybridized carbons (Fsp3) is 0.143. The molecule has 0 aliphatic heterocycles. The lowest BCUT2D eigenvalue weighted by molar-refractivity contribution is 0.0698. The SMILES string of the molecule is CCCc1cc2ccn3c(=O)c(-c4ccc(OCc5ccccc5)cc4)cc(C(=O)O)c3c2s1. The molecule has 0 aliphatic rings. The number of carboxylic acid groups (broad SMARTS) is 1. The van der Waals surface area contributed by atoms with E-state index in [1.54, 1.807) is 41.8 Å². The molecule has 0 saturated carbocycles. The minimum Gasteiger partial charge on any atom is -0.489 e. The number of fused-ring (bicyclic) bond motifs is 3. The van der Waals surface area contributed by atoms with Gasteiger partial charge in [-0.2, -0.15) is 0 Å². The van der Waals surface area contributed by atoms with Crippen LogP contribution in [0.2, 0.25) is 0 Å². The molecule has 0 atom stereocenters. The third-order valence-electron chi connectivity index (χ3n) is 5.80. The topological polar surface area (TPSA) is 68.0 Å². The Hall–Kier alpha value is -3.90. The molecule has 2 aromatic carbocycles. The van der Waals surface area contributed by atoms with Crippen molar-refractivity contribution < 1.29 is 14.6 Å². The number of carbonyl (C=O) groups is 1. The number of rotatable bonds is 7. The van der Waals surface area contributed by atoms with E-state index in [0.29, 0.717) is 29.0 Å². The Bertz CT molecular complexity index is 1550. The summed E-state index contributed by atoms with van der Waals surface area (Å²) in [6, 6.07) is 22.5. The molecule has 170 valence electrons. The number of benzene rings is 2. The number of hydrogen-bond donors (Lipinski definition) is 1. The Morgan fingerprint density at radius 3 is 2.50 bits per heavy atom. The second kappa shape index (κ2) is 9.15. The zero-order valence-corrected chi connectivity index (χ0v) is 19.5. The van der Waals surface area contributed by atoms with Crippen LogP contribution in [0.4, 0.5) is 0 Å². The van der Waals surface area contributed by atoms with Crippen LogP contribution in [-0.4, -0.2) is 15.5 Å². The van der Waals surface area contributed by atoms with Crippen molar-refractivity contribution in [2.45, 2.75) is 26.4 Å². The van der Waals surface area contributed by atoms with Crippen LogP contribution < -0.4 is 10.3 Å². The van der Waals surface area contributed by atoms with Gasteiger partial charge in [-0.15, -0.1) is 11.3 Å². The lowest BCUT2D eigenvalue weighted by atomic mass is 10.0. The molecule has 0 amide bonds. The van der Waals surface area contributed by atoms with Gasteiger partial charge >= 0.3 is 5.97 Å². The quantitative estimate of drug-likeness (QED) is 0.299. The predicted molar refractivity (Wildman–Crippen MR) is 136 cm³/mol. The Balaban J connectivity index is 1.56. The van der Waals surface area contributed by atoms with Gasteiger partial charge in [-0.25, -0.2) is 4.79 Å². The van der Waals surface area contributed by atoms with Crippen LogP contribution in [-0.2, 0) is 13.0 Å². The molecule has 5 aromatic rings. The van der Waals surface area contributed by atoms with Gasteiger partial charge < -0.3 is 9.84 Å². The van der Waals surface area contributed by atoms with Gasteiger partial charge in [0.1, 0.15) is 12.4 Å². The van der Waals surface area contributed by atoms with Crippen LogP contribution >= 0.6 is 11.3 Å². The summed E-state index contributed by atoms with van der Waals surface area (Å²) in [5, 5.41) is 11.0. The van der Waals surface area contributed by atoms with Gasteiger partial charge in [0.05, 0.1) is 15.8 Å². The van der Waals surface area contributed by atoms with Crippen molar-refractivity contribution in [1.29, 1.82) is 0 Å². The molecule has 3 aromatic heterocycles. The molecule has 0 spiro atoms. The van der Waals surface area contributed by atoms with Gasteiger partial charge in [-0.1, -0.05) is 55.8 Å². The fourth-order valence-electron chi connectivity index (χ4n) is 4.14. The first-order valence-corrected chi connectivity index (χ1v) is 12.0. The van der Waals surface area contributed by atoms with Crippen LogP contribution in [0.3, 0.4) is 0 Å². The molecule has 0 fully saturated rings. The Labute approximate surface area is 200 Å². The maximum absolute atomic E-state index is 13.4. The van der Waals surface area contributed by atoms with Gasteiger partial charge in [0, 0.05) is 16.6 Å². The zero-order chi connectivity index (χ0) is 23.7.